The maximum Gasteiger partial charge on any atom is -0.00999 e. The zero-order valence-corrected chi connectivity index (χ0v) is 9.66. The van der Waals surface area contributed by atoms with Gasteiger partial charge in [-0.25, -0.2) is 0 Å². The van der Waals surface area contributed by atoms with E-state index in [1.54, 1.807) is 6.20 Å². The second-order valence-corrected chi connectivity index (χ2v) is 3.76. The van der Waals surface area contributed by atoms with E-state index in [4.69, 9.17) is 5.73 Å². The zero-order chi connectivity index (χ0) is 10.8. The third-order valence-electron chi connectivity index (χ3n) is 2.33. The quantitative estimate of drug-likeness (QED) is 0.638. The molecule has 2 N–H and O–H groups in total. The Morgan fingerprint density at radius 3 is 2.64 bits per heavy atom. The molecule has 0 radical (unpaired) electrons. The van der Waals surface area contributed by atoms with Gasteiger partial charge in [-0.1, -0.05) is 50.1 Å². The third-order valence-corrected chi connectivity index (χ3v) is 2.33. The molecule has 0 saturated heterocycles. The molecule has 1 heteroatoms. The first-order valence-electron chi connectivity index (χ1n) is 5.40. The summed E-state index contributed by atoms with van der Waals surface area (Å²) in [5.74, 6) is 0.794. The molecular formula is C13H23N. The summed E-state index contributed by atoms with van der Waals surface area (Å²) in [5, 5.41) is 0. The van der Waals surface area contributed by atoms with E-state index in [1.807, 2.05) is 6.08 Å². The Morgan fingerprint density at radius 1 is 1.36 bits per heavy atom. The van der Waals surface area contributed by atoms with Crippen molar-refractivity contribution in [2.24, 2.45) is 11.7 Å². The first kappa shape index (κ1) is 13.0. The Bertz CT molecular complexity index is 211. The van der Waals surface area contributed by atoms with Gasteiger partial charge in [-0.2, -0.15) is 0 Å². The average molecular weight is 193 g/mol. The fourth-order valence-electron chi connectivity index (χ4n) is 1.05. The molecule has 1 nitrogen and oxygen atoms in total. The third kappa shape index (κ3) is 7.66. The van der Waals surface area contributed by atoms with Crippen molar-refractivity contribution in [1.82, 2.24) is 0 Å². The molecule has 0 unspecified atom stereocenters. The maximum atomic E-state index is 5.24. The van der Waals surface area contributed by atoms with E-state index in [0.29, 0.717) is 0 Å². The van der Waals surface area contributed by atoms with Crippen LogP contribution in [-0.4, -0.2) is 0 Å². The Balaban J connectivity index is 3.80. The molecule has 0 fully saturated rings. The van der Waals surface area contributed by atoms with Crippen molar-refractivity contribution in [3.05, 3.63) is 36.1 Å². The molecule has 0 aromatic rings. The highest BCUT2D eigenvalue weighted by Crippen LogP contribution is 2.08. The van der Waals surface area contributed by atoms with Crippen LogP contribution in [0.15, 0.2) is 36.1 Å². The highest BCUT2D eigenvalue weighted by molar-refractivity contribution is 5.16. The molecule has 0 saturated carbocycles. The lowest BCUT2D eigenvalue weighted by Gasteiger charge is -2.02. The number of allylic oxidation sites excluding steroid dienone is 5. The second kappa shape index (κ2) is 8.61. The van der Waals surface area contributed by atoms with E-state index in [9.17, 15) is 0 Å². The minimum absolute atomic E-state index is 0.794. The summed E-state index contributed by atoms with van der Waals surface area (Å²) in [7, 11) is 0. The number of hydrogen-bond acceptors (Lipinski definition) is 1. The summed E-state index contributed by atoms with van der Waals surface area (Å²) in [6.07, 6.45) is 13.5. The largest absolute Gasteiger partial charge is 0.405 e. The minimum atomic E-state index is 0.794. The van der Waals surface area contributed by atoms with Crippen molar-refractivity contribution in [1.29, 1.82) is 0 Å². The smallest absolute Gasteiger partial charge is 0.00999 e. The summed E-state index contributed by atoms with van der Waals surface area (Å²) in [5.41, 5.74) is 6.56. The summed E-state index contributed by atoms with van der Waals surface area (Å²) in [6, 6.07) is 0. The van der Waals surface area contributed by atoms with E-state index in [-0.39, 0.29) is 0 Å². The maximum absolute atomic E-state index is 5.24. The lowest BCUT2D eigenvalue weighted by molar-refractivity contribution is 0.572. The fourth-order valence-corrected chi connectivity index (χ4v) is 1.05. The number of hydrogen-bond donors (Lipinski definition) is 1. The molecular weight excluding hydrogens is 170 g/mol. The van der Waals surface area contributed by atoms with E-state index in [2.05, 4.69) is 39.0 Å². The van der Waals surface area contributed by atoms with Crippen LogP contribution in [0.25, 0.3) is 0 Å². The Kier molecular flexibility index (Phi) is 8.01. The zero-order valence-electron chi connectivity index (χ0n) is 9.66. The molecule has 0 aromatic carbocycles. The first-order valence-corrected chi connectivity index (χ1v) is 5.40. The van der Waals surface area contributed by atoms with Gasteiger partial charge in [-0.3, -0.25) is 0 Å². The molecule has 0 aliphatic rings. The van der Waals surface area contributed by atoms with Gasteiger partial charge in [-0.05, 0) is 31.9 Å². The van der Waals surface area contributed by atoms with Gasteiger partial charge in [0, 0.05) is 0 Å². The van der Waals surface area contributed by atoms with Crippen LogP contribution in [0.4, 0.5) is 0 Å². The van der Waals surface area contributed by atoms with Gasteiger partial charge in [0.05, 0.1) is 0 Å². The molecule has 0 spiro atoms. The summed E-state index contributed by atoms with van der Waals surface area (Å²) in [6.45, 7) is 6.63. The number of nitrogens with two attached hydrogens (primary N) is 1. The molecule has 0 aliphatic carbocycles. The van der Waals surface area contributed by atoms with Gasteiger partial charge >= 0.3 is 0 Å². The highest BCUT2D eigenvalue weighted by Gasteiger charge is 1.92. The van der Waals surface area contributed by atoms with E-state index >= 15 is 0 Å². The average Bonchev–Trinajstić information content (AvgIpc) is 2.18. The molecule has 0 heterocycles. The van der Waals surface area contributed by atoms with Gasteiger partial charge in [0.2, 0.25) is 0 Å². The monoisotopic (exact) mass is 193 g/mol. The summed E-state index contributed by atoms with van der Waals surface area (Å²) < 4.78 is 0. The van der Waals surface area contributed by atoms with E-state index in [1.165, 1.54) is 18.4 Å². The van der Waals surface area contributed by atoms with Gasteiger partial charge < -0.3 is 5.73 Å². The molecule has 1 atom stereocenters. The normalized spacial score (nSPS) is 15.5. The van der Waals surface area contributed by atoms with Gasteiger partial charge in [0.1, 0.15) is 0 Å². The lowest BCUT2D eigenvalue weighted by Crippen LogP contribution is -1.87. The predicted molar refractivity (Wildman–Crippen MR) is 64.9 cm³/mol. The van der Waals surface area contributed by atoms with Crippen LogP contribution in [0.1, 0.15) is 40.0 Å². The Labute approximate surface area is 88.4 Å². The van der Waals surface area contributed by atoms with Gasteiger partial charge in [0.25, 0.3) is 0 Å². The van der Waals surface area contributed by atoms with Crippen LogP contribution in [0.3, 0.4) is 0 Å². The van der Waals surface area contributed by atoms with Crippen molar-refractivity contribution in [3.63, 3.8) is 0 Å². The lowest BCUT2D eigenvalue weighted by atomic mass is 10.0. The van der Waals surface area contributed by atoms with Gasteiger partial charge in [-0.15, -0.1) is 0 Å². The first-order chi connectivity index (χ1) is 6.70. The topological polar surface area (TPSA) is 26.0 Å². The minimum Gasteiger partial charge on any atom is -0.405 e. The van der Waals surface area contributed by atoms with Crippen molar-refractivity contribution < 1.29 is 0 Å². The van der Waals surface area contributed by atoms with Crippen molar-refractivity contribution in [3.8, 4) is 0 Å². The molecule has 0 amide bonds. The predicted octanol–water partition coefficient (Wildman–Crippen LogP) is 3.79. The van der Waals surface area contributed by atoms with Crippen molar-refractivity contribution in [2.75, 3.05) is 0 Å². The second-order valence-electron chi connectivity index (χ2n) is 3.76. The standard InChI is InChI=1S/C13H23N/c1-4-12(2)9-7-10-13(3)8-5-6-11-14/h6-8,10-12H,4-5,9,14H2,1-3H3/b10-7-,11-6-,13-8-/t12-/m1/s1. The van der Waals surface area contributed by atoms with Crippen molar-refractivity contribution >= 4 is 0 Å². The molecule has 14 heavy (non-hydrogen) atoms. The molecule has 80 valence electrons. The summed E-state index contributed by atoms with van der Waals surface area (Å²) in [4.78, 5) is 0. The molecule has 0 aromatic heterocycles. The van der Waals surface area contributed by atoms with E-state index < -0.39 is 0 Å². The fraction of sp³-hybridized carbons (Fsp3) is 0.538. The highest BCUT2D eigenvalue weighted by atomic mass is 14.5. The van der Waals surface area contributed by atoms with Gasteiger partial charge in [0.15, 0.2) is 0 Å². The molecule has 0 bridgehead atoms. The van der Waals surface area contributed by atoms with Crippen LogP contribution >= 0.6 is 0 Å². The van der Waals surface area contributed by atoms with Crippen LogP contribution in [-0.2, 0) is 0 Å². The molecule has 0 aliphatic heterocycles. The van der Waals surface area contributed by atoms with Crippen LogP contribution in [0.5, 0.6) is 0 Å². The van der Waals surface area contributed by atoms with Crippen LogP contribution in [0, 0.1) is 5.92 Å². The van der Waals surface area contributed by atoms with Crippen LogP contribution in [0.2, 0.25) is 0 Å². The Morgan fingerprint density at radius 2 is 2.07 bits per heavy atom. The van der Waals surface area contributed by atoms with E-state index in [0.717, 1.165) is 12.3 Å². The van der Waals surface area contributed by atoms with Crippen molar-refractivity contribution in [2.45, 2.75) is 40.0 Å². The molecule has 0 rings (SSSR count). The Hall–Kier alpha value is -0.980. The summed E-state index contributed by atoms with van der Waals surface area (Å²) >= 11 is 0. The number of rotatable bonds is 6. The van der Waals surface area contributed by atoms with Crippen LogP contribution < -0.4 is 5.73 Å². The SMILES string of the molecule is CC[C@@H](C)C/C=C\C(C)=C/C/C=C\N.